The quantitative estimate of drug-likeness (QED) is 0.677. The van der Waals surface area contributed by atoms with E-state index < -0.39 is 0 Å². The van der Waals surface area contributed by atoms with Crippen LogP contribution in [-0.4, -0.2) is 4.98 Å². The number of aromatic nitrogens is 1. The average Bonchev–Trinajstić information content (AvgIpc) is 2.10. The Morgan fingerprint density at radius 1 is 1.78 bits per heavy atom. The molecule has 0 spiro atoms. The van der Waals surface area contributed by atoms with Crippen molar-refractivity contribution in [3.05, 3.63) is 13.9 Å². The summed E-state index contributed by atoms with van der Waals surface area (Å²) in [7, 11) is 0. The average molecular weight is 223 g/mol. The summed E-state index contributed by atoms with van der Waals surface area (Å²) in [6, 6.07) is 1.88. The summed E-state index contributed by atoms with van der Waals surface area (Å²) in [6.45, 7) is 0. The van der Waals surface area contributed by atoms with E-state index in [9.17, 15) is 0 Å². The minimum absolute atomic E-state index is 0.352. The SMILES string of the molecule is N#Cc1nc(Cl)sc1Br. The molecular weight excluding hydrogens is 223 g/mol. The van der Waals surface area contributed by atoms with Gasteiger partial charge >= 0.3 is 0 Å². The minimum Gasteiger partial charge on any atom is -0.213 e. The summed E-state index contributed by atoms with van der Waals surface area (Å²) < 4.78 is 1.08. The van der Waals surface area contributed by atoms with Gasteiger partial charge in [-0.2, -0.15) is 5.26 Å². The van der Waals surface area contributed by atoms with Gasteiger partial charge in [0.1, 0.15) is 9.86 Å². The highest BCUT2D eigenvalue weighted by molar-refractivity contribution is 9.11. The van der Waals surface area contributed by atoms with Crippen LogP contribution >= 0.6 is 38.9 Å². The van der Waals surface area contributed by atoms with E-state index in [1.807, 2.05) is 6.07 Å². The third kappa shape index (κ3) is 1.42. The highest BCUT2D eigenvalue weighted by Gasteiger charge is 2.04. The van der Waals surface area contributed by atoms with E-state index in [2.05, 4.69) is 20.9 Å². The Hall–Kier alpha value is -0.110. The van der Waals surface area contributed by atoms with Gasteiger partial charge in [-0.25, -0.2) is 4.98 Å². The summed E-state index contributed by atoms with van der Waals surface area (Å²) in [5, 5.41) is 8.34. The molecule has 0 aliphatic carbocycles. The summed E-state index contributed by atoms with van der Waals surface area (Å²) in [6.07, 6.45) is 0. The second kappa shape index (κ2) is 2.65. The van der Waals surface area contributed by atoms with Crippen molar-refractivity contribution >= 4 is 38.9 Å². The van der Waals surface area contributed by atoms with Crippen molar-refractivity contribution in [2.45, 2.75) is 0 Å². The standard InChI is InChI=1S/C4BrClN2S/c5-3-2(1-7)8-4(6)9-3. The van der Waals surface area contributed by atoms with Gasteiger partial charge in [0.05, 0.1) is 0 Å². The molecule has 5 heteroatoms. The number of hydrogen-bond donors (Lipinski definition) is 0. The summed E-state index contributed by atoms with van der Waals surface area (Å²) in [4.78, 5) is 3.70. The van der Waals surface area contributed by atoms with E-state index in [0.29, 0.717) is 13.9 Å². The lowest BCUT2D eigenvalue weighted by molar-refractivity contribution is 1.33. The van der Waals surface area contributed by atoms with Gasteiger partial charge < -0.3 is 0 Å². The molecule has 0 saturated carbocycles. The molecule has 1 heterocycles. The molecule has 0 saturated heterocycles. The normalized spacial score (nSPS) is 9.00. The Morgan fingerprint density at radius 3 is 2.67 bits per heavy atom. The lowest BCUT2D eigenvalue weighted by Gasteiger charge is -1.71. The third-order valence-corrected chi connectivity index (χ3v) is 2.48. The van der Waals surface area contributed by atoms with Crippen molar-refractivity contribution < 1.29 is 0 Å². The Labute approximate surface area is 69.2 Å². The van der Waals surface area contributed by atoms with Crippen LogP contribution in [0, 0.1) is 11.3 Å². The fourth-order valence-electron chi connectivity index (χ4n) is 0.346. The zero-order valence-corrected chi connectivity index (χ0v) is 7.22. The van der Waals surface area contributed by atoms with Gasteiger partial charge in [-0.05, 0) is 15.9 Å². The first-order chi connectivity index (χ1) is 4.24. The van der Waals surface area contributed by atoms with Crippen molar-refractivity contribution in [2.75, 3.05) is 0 Å². The highest BCUT2D eigenvalue weighted by atomic mass is 79.9. The third-order valence-electron chi connectivity index (χ3n) is 0.666. The molecule has 0 unspecified atom stereocenters. The molecule has 0 amide bonds. The fraction of sp³-hybridized carbons (Fsp3) is 0. The van der Waals surface area contributed by atoms with Crippen molar-refractivity contribution in [2.24, 2.45) is 0 Å². The van der Waals surface area contributed by atoms with E-state index >= 15 is 0 Å². The van der Waals surface area contributed by atoms with Crippen LogP contribution in [0.1, 0.15) is 5.69 Å². The largest absolute Gasteiger partial charge is 0.213 e. The van der Waals surface area contributed by atoms with Crippen LogP contribution in [0.5, 0.6) is 0 Å². The monoisotopic (exact) mass is 222 g/mol. The summed E-state index contributed by atoms with van der Waals surface area (Å²) in [5.41, 5.74) is 0.352. The molecule has 0 bridgehead atoms. The molecule has 0 atom stereocenters. The number of nitrogens with zero attached hydrogens (tertiary/aromatic N) is 2. The fourth-order valence-corrected chi connectivity index (χ4v) is 2.05. The van der Waals surface area contributed by atoms with Crippen molar-refractivity contribution in [1.29, 1.82) is 5.26 Å². The molecule has 0 aliphatic heterocycles. The molecule has 0 aliphatic rings. The van der Waals surface area contributed by atoms with Gasteiger partial charge in [0.2, 0.25) is 0 Å². The van der Waals surface area contributed by atoms with E-state index in [1.165, 1.54) is 11.3 Å². The van der Waals surface area contributed by atoms with Crippen molar-refractivity contribution in [3.8, 4) is 6.07 Å². The number of nitriles is 1. The predicted molar refractivity (Wildman–Crippen MR) is 39.5 cm³/mol. The minimum atomic E-state index is 0.352. The Bertz CT molecular complexity index is 264. The smallest absolute Gasteiger partial charge is 0.185 e. The molecule has 1 aromatic heterocycles. The van der Waals surface area contributed by atoms with Gasteiger partial charge in [0.25, 0.3) is 0 Å². The zero-order chi connectivity index (χ0) is 6.85. The maximum Gasteiger partial charge on any atom is 0.185 e. The molecule has 2 nitrogen and oxygen atoms in total. The second-order valence-electron chi connectivity index (χ2n) is 1.20. The van der Waals surface area contributed by atoms with E-state index in [4.69, 9.17) is 16.9 Å². The van der Waals surface area contributed by atoms with Crippen LogP contribution in [0.15, 0.2) is 3.79 Å². The molecule has 0 radical (unpaired) electrons. The summed E-state index contributed by atoms with van der Waals surface area (Å²) >= 11 is 9.84. The lowest BCUT2D eigenvalue weighted by atomic mass is 10.6. The second-order valence-corrected chi connectivity index (χ2v) is 4.10. The van der Waals surface area contributed by atoms with Crippen LogP contribution in [0.3, 0.4) is 0 Å². The van der Waals surface area contributed by atoms with Crippen LogP contribution < -0.4 is 0 Å². The van der Waals surface area contributed by atoms with Gasteiger partial charge in [-0.1, -0.05) is 22.9 Å². The van der Waals surface area contributed by atoms with Gasteiger partial charge in [0, 0.05) is 0 Å². The lowest BCUT2D eigenvalue weighted by Crippen LogP contribution is -1.69. The Kier molecular flexibility index (Phi) is 2.06. The number of thiazole rings is 1. The summed E-state index contributed by atoms with van der Waals surface area (Å²) in [5.74, 6) is 0. The first kappa shape index (κ1) is 7.00. The van der Waals surface area contributed by atoms with E-state index in [1.54, 1.807) is 0 Å². The molecule has 0 aromatic carbocycles. The zero-order valence-electron chi connectivity index (χ0n) is 4.06. The molecule has 46 valence electrons. The highest BCUT2D eigenvalue weighted by Crippen LogP contribution is 2.26. The van der Waals surface area contributed by atoms with Crippen LogP contribution in [0.25, 0.3) is 0 Å². The van der Waals surface area contributed by atoms with Gasteiger partial charge in [-0.15, -0.1) is 0 Å². The van der Waals surface area contributed by atoms with Gasteiger partial charge in [0.15, 0.2) is 10.2 Å². The van der Waals surface area contributed by atoms with E-state index in [-0.39, 0.29) is 0 Å². The predicted octanol–water partition coefficient (Wildman–Crippen LogP) is 2.43. The first-order valence-corrected chi connectivity index (χ1v) is 3.94. The molecular formula is C4BrClN2S. The van der Waals surface area contributed by atoms with Crippen molar-refractivity contribution in [1.82, 2.24) is 4.98 Å². The molecule has 1 rings (SSSR count). The molecule has 9 heavy (non-hydrogen) atoms. The number of rotatable bonds is 0. The van der Waals surface area contributed by atoms with Crippen LogP contribution in [0.4, 0.5) is 0 Å². The molecule has 0 N–H and O–H groups in total. The first-order valence-electron chi connectivity index (χ1n) is 1.96. The topological polar surface area (TPSA) is 36.7 Å². The number of halogens is 2. The Morgan fingerprint density at radius 2 is 2.44 bits per heavy atom. The molecule has 0 fully saturated rings. The van der Waals surface area contributed by atoms with E-state index in [0.717, 1.165) is 0 Å². The maximum absolute atomic E-state index is 8.34. The van der Waals surface area contributed by atoms with Crippen molar-refractivity contribution in [3.63, 3.8) is 0 Å². The van der Waals surface area contributed by atoms with Gasteiger partial charge in [-0.3, -0.25) is 0 Å². The van der Waals surface area contributed by atoms with Crippen LogP contribution in [-0.2, 0) is 0 Å². The molecule has 1 aromatic rings. The van der Waals surface area contributed by atoms with Crippen LogP contribution in [0.2, 0.25) is 4.47 Å². The maximum atomic E-state index is 8.34. The Balaban J connectivity index is 3.20. The number of hydrogen-bond acceptors (Lipinski definition) is 3.